The maximum atomic E-state index is 6.25. The summed E-state index contributed by atoms with van der Waals surface area (Å²) in [5.41, 5.74) is 3.08. The first-order chi connectivity index (χ1) is 18.6. The second-order valence-electron chi connectivity index (χ2n) is 8.68. The van der Waals surface area contributed by atoms with Gasteiger partial charge in [-0.3, -0.25) is 0 Å². The van der Waals surface area contributed by atoms with Crippen LogP contribution >= 0.6 is 11.3 Å². The van der Waals surface area contributed by atoms with Crippen molar-refractivity contribution in [2.75, 3.05) is 20.3 Å². The van der Waals surface area contributed by atoms with E-state index in [0.717, 1.165) is 56.9 Å². The average molecular weight is 548 g/mol. The molecule has 10 heteroatoms. The second-order valence-corrected chi connectivity index (χ2v) is 14.5. The summed E-state index contributed by atoms with van der Waals surface area (Å²) in [6.07, 6.45) is 0. The van der Waals surface area contributed by atoms with Crippen molar-refractivity contribution in [3.05, 3.63) is 66.7 Å². The van der Waals surface area contributed by atoms with Crippen LogP contribution in [-0.2, 0) is 4.43 Å². The number of ether oxygens (including phenoxy) is 2. The van der Waals surface area contributed by atoms with Crippen LogP contribution in [0.25, 0.3) is 10.2 Å². The fourth-order valence-corrected chi connectivity index (χ4v) is 7.40. The fourth-order valence-electron chi connectivity index (χ4n) is 3.95. The Balaban J connectivity index is 1.32. The van der Waals surface area contributed by atoms with E-state index in [2.05, 4.69) is 46.2 Å². The molecule has 8 nitrogen and oxygen atoms in total. The monoisotopic (exact) mass is 547 g/mol. The summed E-state index contributed by atoms with van der Waals surface area (Å²) in [4.78, 5) is 4.53. The van der Waals surface area contributed by atoms with Gasteiger partial charge < -0.3 is 13.9 Å². The molecule has 198 valence electrons. The van der Waals surface area contributed by atoms with Crippen LogP contribution in [0.3, 0.4) is 0 Å². The molecule has 4 aromatic rings. The van der Waals surface area contributed by atoms with Gasteiger partial charge in [-0.05, 0) is 84.9 Å². The number of rotatable bonds is 13. The van der Waals surface area contributed by atoms with Crippen molar-refractivity contribution in [3.63, 3.8) is 0 Å². The molecule has 0 spiro atoms. The lowest BCUT2D eigenvalue weighted by atomic mass is 10.3. The molecule has 0 fully saturated rings. The Hall–Kier alpha value is -3.47. The van der Waals surface area contributed by atoms with E-state index in [0.29, 0.717) is 18.3 Å². The normalized spacial score (nSPS) is 12.1. The molecule has 0 aliphatic rings. The van der Waals surface area contributed by atoms with E-state index in [4.69, 9.17) is 13.9 Å². The Morgan fingerprint density at radius 1 is 0.711 bits per heavy atom. The summed E-state index contributed by atoms with van der Waals surface area (Å²) in [6, 6.07) is 24.2. The summed E-state index contributed by atoms with van der Waals surface area (Å²) in [6.45, 7) is 7.88. The lowest BCUT2D eigenvalue weighted by molar-refractivity contribution is 0.207. The number of nitrogens with zero attached hydrogens (tertiary/aromatic N) is 5. The predicted octanol–water partition coefficient (Wildman–Crippen LogP) is 9.54. The van der Waals surface area contributed by atoms with Gasteiger partial charge in [-0.25, -0.2) is 4.98 Å². The van der Waals surface area contributed by atoms with Crippen LogP contribution in [0, 0.1) is 0 Å². The predicted molar refractivity (Wildman–Crippen MR) is 156 cm³/mol. The molecule has 1 heterocycles. The van der Waals surface area contributed by atoms with Gasteiger partial charge in [0.25, 0.3) is 0 Å². The number of hydrogen-bond acceptors (Lipinski definition) is 9. The van der Waals surface area contributed by atoms with Gasteiger partial charge in [-0.2, -0.15) is 10.2 Å². The number of thiazole rings is 1. The molecule has 0 N–H and O–H groups in total. The lowest BCUT2D eigenvalue weighted by Crippen LogP contribution is -2.37. The maximum Gasteiger partial charge on any atom is 0.231 e. The Morgan fingerprint density at radius 2 is 1.29 bits per heavy atom. The number of azo groups is 2. The minimum absolute atomic E-state index is 0.548. The zero-order valence-corrected chi connectivity index (χ0v) is 24.1. The number of aromatic nitrogens is 1. The van der Waals surface area contributed by atoms with Gasteiger partial charge >= 0.3 is 0 Å². The third-order valence-electron chi connectivity index (χ3n) is 6.50. The largest absolute Gasteiger partial charge is 0.497 e. The fraction of sp³-hybridized carbons (Fsp3) is 0.321. The Bertz CT molecular complexity index is 1360. The van der Waals surface area contributed by atoms with Crippen molar-refractivity contribution in [1.82, 2.24) is 4.98 Å². The van der Waals surface area contributed by atoms with Gasteiger partial charge in [0.2, 0.25) is 5.13 Å². The first-order valence-corrected chi connectivity index (χ1v) is 16.2. The first kappa shape index (κ1) is 27.6. The van der Waals surface area contributed by atoms with Gasteiger partial charge in [0.05, 0.1) is 41.0 Å². The Morgan fingerprint density at radius 3 is 1.92 bits per heavy atom. The molecular weight excluding hydrogens is 514 g/mol. The van der Waals surface area contributed by atoms with Crippen LogP contribution in [0.5, 0.6) is 11.5 Å². The summed E-state index contributed by atoms with van der Waals surface area (Å²) >= 11 is 1.45. The summed E-state index contributed by atoms with van der Waals surface area (Å²) in [7, 11) is 0.0621. The van der Waals surface area contributed by atoms with Crippen molar-refractivity contribution < 1.29 is 13.9 Å². The van der Waals surface area contributed by atoms with Crippen LogP contribution < -0.4 is 9.47 Å². The van der Waals surface area contributed by atoms with E-state index >= 15 is 0 Å². The number of hydrogen-bond donors (Lipinski definition) is 0. The van der Waals surface area contributed by atoms with Crippen molar-refractivity contribution in [3.8, 4) is 11.5 Å². The third-order valence-corrected chi connectivity index (χ3v) is 12.1. The van der Waals surface area contributed by atoms with Gasteiger partial charge in [0.1, 0.15) is 18.1 Å². The quantitative estimate of drug-likeness (QED) is 0.0946. The van der Waals surface area contributed by atoms with Gasteiger partial charge in [-0.1, -0.05) is 32.1 Å². The molecular formula is C28H33N5O3SSi. The van der Waals surface area contributed by atoms with Crippen molar-refractivity contribution >= 4 is 52.1 Å². The second kappa shape index (κ2) is 13.4. The van der Waals surface area contributed by atoms with Gasteiger partial charge in [0, 0.05) is 0 Å². The minimum atomic E-state index is -1.57. The average Bonchev–Trinajstić information content (AvgIpc) is 3.38. The van der Waals surface area contributed by atoms with Crippen molar-refractivity contribution in [2.45, 2.75) is 38.9 Å². The zero-order chi connectivity index (χ0) is 26.8. The van der Waals surface area contributed by atoms with E-state index < -0.39 is 8.32 Å². The highest BCUT2D eigenvalue weighted by Crippen LogP contribution is 2.33. The van der Waals surface area contributed by atoms with Crippen LogP contribution in [0.15, 0.2) is 87.2 Å². The highest BCUT2D eigenvalue weighted by atomic mass is 32.1. The number of benzene rings is 3. The molecule has 0 amide bonds. The van der Waals surface area contributed by atoms with E-state index in [1.807, 2.05) is 66.7 Å². The van der Waals surface area contributed by atoms with Crippen LogP contribution in [0.1, 0.15) is 20.8 Å². The van der Waals surface area contributed by atoms with Gasteiger partial charge in [0.15, 0.2) is 8.32 Å². The first-order valence-electron chi connectivity index (χ1n) is 12.8. The SMILES string of the molecule is CC[Si](CC)(CC)OCCOc1ccc(N=Nc2ccc3nc(N=Nc4ccc(OC)cc4)sc3c2)cc1. The molecule has 0 saturated carbocycles. The molecule has 3 aromatic carbocycles. The lowest BCUT2D eigenvalue weighted by Gasteiger charge is -2.27. The van der Waals surface area contributed by atoms with Crippen LogP contribution in [0.2, 0.25) is 18.1 Å². The third kappa shape index (κ3) is 7.30. The van der Waals surface area contributed by atoms with Crippen molar-refractivity contribution in [1.29, 1.82) is 0 Å². The molecule has 0 aliphatic heterocycles. The molecule has 0 radical (unpaired) electrons. The summed E-state index contributed by atoms with van der Waals surface area (Å²) in [5.74, 6) is 1.57. The highest BCUT2D eigenvalue weighted by molar-refractivity contribution is 7.21. The van der Waals surface area contributed by atoms with Gasteiger partial charge in [-0.15, -0.1) is 10.2 Å². The number of methoxy groups -OCH3 is 1. The molecule has 4 rings (SSSR count). The van der Waals surface area contributed by atoms with E-state index in [1.165, 1.54) is 11.3 Å². The summed E-state index contributed by atoms with van der Waals surface area (Å²) in [5, 5.41) is 17.9. The molecule has 0 saturated heterocycles. The molecule has 38 heavy (non-hydrogen) atoms. The highest BCUT2D eigenvalue weighted by Gasteiger charge is 2.28. The molecule has 0 atom stereocenters. The molecule has 0 aliphatic carbocycles. The van der Waals surface area contributed by atoms with E-state index in [9.17, 15) is 0 Å². The molecule has 0 unspecified atom stereocenters. The van der Waals surface area contributed by atoms with E-state index in [-0.39, 0.29) is 0 Å². The zero-order valence-electron chi connectivity index (χ0n) is 22.3. The van der Waals surface area contributed by atoms with E-state index in [1.54, 1.807) is 7.11 Å². The smallest absolute Gasteiger partial charge is 0.231 e. The number of fused-ring (bicyclic) bond motifs is 1. The molecule has 0 bridgehead atoms. The Kier molecular flexibility index (Phi) is 9.69. The minimum Gasteiger partial charge on any atom is -0.497 e. The molecule has 1 aromatic heterocycles. The van der Waals surface area contributed by atoms with Crippen molar-refractivity contribution in [2.24, 2.45) is 20.5 Å². The van der Waals surface area contributed by atoms with Crippen LogP contribution in [0.4, 0.5) is 22.2 Å². The maximum absolute atomic E-state index is 6.25. The topological polar surface area (TPSA) is 90.0 Å². The summed E-state index contributed by atoms with van der Waals surface area (Å²) < 4.78 is 18.2. The Labute approximate surface area is 228 Å². The van der Waals surface area contributed by atoms with Crippen LogP contribution in [-0.4, -0.2) is 33.6 Å². The standard InChI is InChI=1S/C28H33N5O3SSi/c1-5-38(6-2,7-3)36-19-18-35-25-15-10-21(11-16-25)30-32-23-12-17-26-27(20-23)37-28(29-26)33-31-22-8-13-24(34-4)14-9-22/h8-17,20H,5-7,18-19H2,1-4H3.